The largest absolute Gasteiger partial charge is 0.466 e. The molecule has 138 valence electrons. The molecule has 0 radical (unpaired) electrons. The van der Waals surface area contributed by atoms with Crippen molar-refractivity contribution < 1.29 is 23.5 Å². The van der Waals surface area contributed by atoms with Crippen molar-refractivity contribution in [1.82, 2.24) is 0 Å². The van der Waals surface area contributed by atoms with Crippen molar-refractivity contribution in [2.24, 2.45) is 0 Å². The number of hydrogen-bond donors (Lipinski definition) is 0. The van der Waals surface area contributed by atoms with Gasteiger partial charge in [-0.1, -0.05) is 46.5 Å². The second-order valence-corrected chi connectivity index (χ2v) is 5.50. The molecule has 1 aromatic rings. The Morgan fingerprint density at radius 1 is 0.917 bits per heavy atom. The standard InChI is InChI=1S/C10H14O3.C9H18O2/c1-2-3-4-7-13-10(11)9-6-5-8-12-9;1-3-5-6-8-11-9(10)7-4-2/h5-6,8H,2-4,7H2,1H3;3-8H2,1-2H3. The number of esters is 2. The second-order valence-electron chi connectivity index (χ2n) is 5.50. The van der Waals surface area contributed by atoms with Crippen LogP contribution < -0.4 is 0 Å². The Kier molecular flexibility index (Phi) is 14.9. The lowest BCUT2D eigenvalue weighted by molar-refractivity contribution is -0.143. The lowest BCUT2D eigenvalue weighted by atomic mass is 10.3. The molecule has 5 nitrogen and oxygen atoms in total. The third-order valence-electron chi connectivity index (χ3n) is 3.17. The highest BCUT2D eigenvalue weighted by Gasteiger charge is 2.08. The first kappa shape index (κ1) is 22.2. The van der Waals surface area contributed by atoms with Crippen LogP contribution in [-0.2, 0) is 14.3 Å². The monoisotopic (exact) mass is 340 g/mol. The fourth-order valence-corrected chi connectivity index (χ4v) is 1.80. The summed E-state index contributed by atoms with van der Waals surface area (Å²) in [6.07, 6.45) is 9.37. The fourth-order valence-electron chi connectivity index (χ4n) is 1.80. The summed E-state index contributed by atoms with van der Waals surface area (Å²) in [7, 11) is 0. The first-order valence-corrected chi connectivity index (χ1v) is 9.01. The van der Waals surface area contributed by atoms with Gasteiger partial charge in [0.15, 0.2) is 0 Å². The molecule has 0 N–H and O–H groups in total. The van der Waals surface area contributed by atoms with Crippen LogP contribution in [0.25, 0.3) is 0 Å². The van der Waals surface area contributed by atoms with Crippen LogP contribution in [-0.4, -0.2) is 25.2 Å². The molecule has 0 amide bonds. The van der Waals surface area contributed by atoms with E-state index in [2.05, 4.69) is 13.8 Å². The molecule has 0 spiro atoms. The zero-order valence-corrected chi connectivity index (χ0v) is 15.3. The highest BCUT2D eigenvalue weighted by Crippen LogP contribution is 2.03. The highest BCUT2D eigenvalue weighted by atomic mass is 16.5. The van der Waals surface area contributed by atoms with Gasteiger partial charge in [0.1, 0.15) is 0 Å². The second kappa shape index (κ2) is 16.1. The average Bonchev–Trinajstić information content (AvgIpc) is 3.11. The summed E-state index contributed by atoms with van der Waals surface area (Å²) >= 11 is 0. The first-order chi connectivity index (χ1) is 11.7. The lowest BCUT2D eigenvalue weighted by Crippen LogP contribution is -2.04. The number of carbonyl (C=O) groups is 2. The zero-order valence-electron chi connectivity index (χ0n) is 15.3. The van der Waals surface area contributed by atoms with E-state index in [0.29, 0.717) is 19.6 Å². The van der Waals surface area contributed by atoms with Gasteiger partial charge in [-0.05, 0) is 31.4 Å². The summed E-state index contributed by atoms with van der Waals surface area (Å²) in [4.78, 5) is 21.9. The molecule has 1 aromatic heterocycles. The van der Waals surface area contributed by atoms with Gasteiger partial charge >= 0.3 is 11.9 Å². The number of carbonyl (C=O) groups excluding carboxylic acids is 2. The summed E-state index contributed by atoms with van der Waals surface area (Å²) in [5, 5.41) is 0. The lowest BCUT2D eigenvalue weighted by Gasteiger charge is -2.01. The number of furan rings is 1. The van der Waals surface area contributed by atoms with Gasteiger partial charge in [-0.25, -0.2) is 4.79 Å². The Morgan fingerprint density at radius 3 is 2.04 bits per heavy atom. The average molecular weight is 340 g/mol. The van der Waals surface area contributed by atoms with E-state index < -0.39 is 0 Å². The molecule has 0 saturated carbocycles. The van der Waals surface area contributed by atoms with Crippen molar-refractivity contribution in [2.75, 3.05) is 13.2 Å². The molecule has 0 unspecified atom stereocenters. The first-order valence-electron chi connectivity index (χ1n) is 9.01. The number of hydrogen-bond acceptors (Lipinski definition) is 5. The van der Waals surface area contributed by atoms with E-state index >= 15 is 0 Å². The maximum atomic E-state index is 11.2. The summed E-state index contributed by atoms with van der Waals surface area (Å²) in [5.41, 5.74) is 0. The fraction of sp³-hybridized carbons (Fsp3) is 0.684. The molecular weight excluding hydrogens is 308 g/mol. The number of rotatable bonds is 11. The summed E-state index contributed by atoms with van der Waals surface area (Å²) in [5.74, 6) is -0.152. The maximum Gasteiger partial charge on any atom is 0.374 e. The molecule has 0 aromatic carbocycles. The molecule has 1 rings (SSSR count). The summed E-state index contributed by atoms with van der Waals surface area (Å²) in [6.45, 7) is 7.30. The molecule has 5 heteroatoms. The van der Waals surface area contributed by atoms with Gasteiger partial charge in [-0.2, -0.15) is 0 Å². The van der Waals surface area contributed by atoms with E-state index in [1.165, 1.54) is 12.7 Å². The minimum atomic E-state index is -0.374. The van der Waals surface area contributed by atoms with Crippen LogP contribution in [0.15, 0.2) is 22.8 Å². The molecular formula is C19H32O5. The van der Waals surface area contributed by atoms with Gasteiger partial charge in [0.05, 0.1) is 19.5 Å². The third-order valence-corrected chi connectivity index (χ3v) is 3.17. The number of ether oxygens (including phenoxy) is 2. The van der Waals surface area contributed by atoms with E-state index in [0.717, 1.165) is 38.5 Å². The van der Waals surface area contributed by atoms with Crippen LogP contribution in [0, 0.1) is 0 Å². The van der Waals surface area contributed by atoms with Crippen molar-refractivity contribution in [1.29, 1.82) is 0 Å². The minimum absolute atomic E-state index is 0.0522. The third kappa shape index (κ3) is 12.7. The normalized spacial score (nSPS) is 9.79. The van der Waals surface area contributed by atoms with Gasteiger partial charge in [-0.15, -0.1) is 0 Å². The van der Waals surface area contributed by atoms with Gasteiger partial charge in [0.2, 0.25) is 5.76 Å². The number of unbranched alkanes of at least 4 members (excludes halogenated alkanes) is 4. The summed E-state index contributed by atoms with van der Waals surface area (Å²) < 4.78 is 14.8. The van der Waals surface area contributed by atoms with Crippen molar-refractivity contribution in [2.45, 2.75) is 72.1 Å². The van der Waals surface area contributed by atoms with Crippen LogP contribution in [0.4, 0.5) is 0 Å². The van der Waals surface area contributed by atoms with E-state index in [1.54, 1.807) is 12.1 Å². The smallest absolute Gasteiger partial charge is 0.374 e. The molecule has 0 atom stereocenters. The summed E-state index contributed by atoms with van der Waals surface area (Å²) in [6, 6.07) is 3.27. The molecule has 0 saturated heterocycles. The Labute approximate surface area is 145 Å². The molecule has 0 fully saturated rings. The molecule has 0 aliphatic rings. The van der Waals surface area contributed by atoms with E-state index in [1.807, 2.05) is 6.92 Å². The Balaban J connectivity index is 0.000000449. The molecule has 0 aliphatic heterocycles. The van der Waals surface area contributed by atoms with E-state index in [-0.39, 0.29) is 17.7 Å². The van der Waals surface area contributed by atoms with E-state index in [4.69, 9.17) is 13.9 Å². The van der Waals surface area contributed by atoms with Crippen molar-refractivity contribution in [3.8, 4) is 0 Å². The zero-order chi connectivity index (χ0) is 18.0. The predicted molar refractivity (Wildman–Crippen MR) is 93.9 cm³/mol. The van der Waals surface area contributed by atoms with Crippen molar-refractivity contribution >= 4 is 11.9 Å². The topological polar surface area (TPSA) is 65.7 Å². The highest BCUT2D eigenvalue weighted by molar-refractivity contribution is 5.86. The molecule has 0 aliphatic carbocycles. The van der Waals surface area contributed by atoms with Crippen molar-refractivity contribution in [3.63, 3.8) is 0 Å². The maximum absolute atomic E-state index is 11.2. The Hall–Kier alpha value is -1.78. The van der Waals surface area contributed by atoms with E-state index in [9.17, 15) is 9.59 Å². The predicted octanol–water partition coefficient (Wildman–Crippen LogP) is 5.15. The van der Waals surface area contributed by atoms with Gasteiger partial charge in [0, 0.05) is 6.42 Å². The minimum Gasteiger partial charge on any atom is -0.466 e. The van der Waals surface area contributed by atoms with Crippen LogP contribution in [0.5, 0.6) is 0 Å². The van der Waals surface area contributed by atoms with Gasteiger partial charge in [0.25, 0.3) is 0 Å². The van der Waals surface area contributed by atoms with Crippen LogP contribution in [0.2, 0.25) is 0 Å². The Morgan fingerprint density at radius 2 is 1.54 bits per heavy atom. The molecule has 1 heterocycles. The molecule has 24 heavy (non-hydrogen) atoms. The van der Waals surface area contributed by atoms with Gasteiger partial charge < -0.3 is 13.9 Å². The Bertz CT molecular complexity index is 411. The van der Waals surface area contributed by atoms with Gasteiger partial charge in [-0.3, -0.25) is 4.79 Å². The van der Waals surface area contributed by atoms with Crippen molar-refractivity contribution in [3.05, 3.63) is 24.2 Å². The van der Waals surface area contributed by atoms with Crippen LogP contribution in [0.3, 0.4) is 0 Å². The quantitative estimate of drug-likeness (QED) is 0.412. The molecule has 0 bridgehead atoms. The SMILES string of the molecule is CCCCCOC(=O)CCC.CCCCCOC(=O)c1ccco1. The van der Waals surface area contributed by atoms with Crippen LogP contribution >= 0.6 is 0 Å². The van der Waals surface area contributed by atoms with Crippen LogP contribution in [0.1, 0.15) is 82.7 Å².